The molecule has 0 heterocycles. The van der Waals surface area contributed by atoms with Crippen LogP contribution in [0, 0.1) is 11.3 Å². The molecule has 0 fully saturated rings. The third-order valence-electron chi connectivity index (χ3n) is 2.38. The topological polar surface area (TPSA) is 71.7 Å². The summed E-state index contributed by atoms with van der Waals surface area (Å²) >= 11 is 0. The molecule has 0 bridgehead atoms. The zero-order valence-corrected chi connectivity index (χ0v) is 11.2. The van der Waals surface area contributed by atoms with Crippen LogP contribution in [0.5, 0.6) is 5.75 Å². The molecule has 1 rings (SSSR count). The van der Waals surface area contributed by atoms with Crippen molar-refractivity contribution in [2.24, 2.45) is 0 Å². The maximum atomic E-state index is 9.70. The molecule has 0 aromatic heterocycles. The van der Waals surface area contributed by atoms with Crippen LogP contribution in [0.25, 0.3) is 0 Å². The summed E-state index contributed by atoms with van der Waals surface area (Å²) < 4.78 is 15.7. The Kier molecular flexibility index (Phi) is 6.90. The van der Waals surface area contributed by atoms with Gasteiger partial charge in [-0.2, -0.15) is 5.26 Å². The fourth-order valence-corrected chi connectivity index (χ4v) is 1.45. The molecule has 1 aromatic carbocycles. The van der Waals surface area contributed by atoms with E-state index in [0.717, 1.165) is 0 Å². The van der Waals surface area contributed by atoms with Crippen molar-refractivity contribution in [1.82, 2.24) is 0 Å². The minimum absolute atomic E-state index is 0.0680. The minimum atomic E-state index is -0.718. The van der Waals surface area contributed by atoms with Crippen molar-refractivity contribution in [2.45, 2.75) is 19.1 Å². The van der Waals surface area contributed by atoms with Gasteiger partial charge in [0.2, 0.25) is 0 Å². The quantitative estimate of drug-likeness (QED) is 0.768. The lowest BCUT2D eigenvalue weighted by Gasteiger charge is -2.16. The number of hydrogen-bond donors (Lipinski definition) is 1. The monoisotopic (exact) mass is 265 g/mol. The van der Waals surface area contributed by atoms with Gasteiger partial charge in [-0.15, -0.1) is 0 Å². The Labute approximate surface area is 113 Å². The van der Waals surface area contributed by atoms with E-state index in [1.807, 2.05) is 13.0 Å². The van der Waals surface area contributed by atoms with Crippen LogP contribution in [0.4, 0.5) is 0 Å². The molecule has 1 N–H and O–H groups in total. The highest BCUT2D eigenvalue weighted by molar-refractivity contribution is 5.36. The van der Waals surface area contributed by atoms with Crippen LogP contribution in [-0.2, 0) is 9.47 Å². The van der Waals surface area contributed by atoms with Crippen LogP contribution in [0.15, 0.2) is 24.3 Å². The van der Waals surface area contributed by atoms with Gasteiger partial charge in [0.25, 0.3) is 0 Å². The van der Waals surface area contributed by atoms with Crippen LogP contribution in [-0.4, -0.2) is 44.2 Å². The molecule has 0 aliphatic heterocycles. The first-order valence-electron chi connectivity index (χ1n) is 6.07. The maximum Gasteiger partial charge on any atom is 0.120 e. The number of aliphatic hydroxyl groups excluding tert-OH is 1. The molecular weight excluding hydrogens is 246 g/mol. The number of hydrogen-bond acceptors (Lipinski definition) is 5. The second-order valence-electron chi connectivity index (χ2n) is 4.20. The first-order chi connectivity index (χ1) is 9.15. The fraction of sp³-hybridized carbons (Fsp3) is 0.500. The van der Waals surface area contributed by atoms with Gasteiger partial charge < -0.3 is 19.3 Å². The van der Waals surface area contributed by atoms with Crippen molar-refractivity contribution in [3.8, 4) is 11.8 Å². The average Bonchev–Trinajstić information content (AvgIpc) is 2.43. The van der Waals surface area contributed by atoms with Crippen molar-refractivity contribution < 1.29 is 19.3 Å². The Morgan fingerprint density at radius 1 is 1.32 bits per heavy atom. The van der Waals surface area contributed by atoms with Crippen molar-refractivity contribution in [3.05, 3.63) is 29.8 Å². The van der Waals surface area contributed by atoms with Gasteiger partial charge in [-0.25, -0.2) is 0 Å². The molecule has 2 atom stereocenters. The van der Waals surface area contributed by atoms with Gasteiger partial charge in [0.05, 0.1) is 31.0 Å². The van der Waals surface area contributed by atoms with E-state index in [-0.39, 0.29) is 19.3 Å². The Bertz CT molecular complexity index is 416. The predicted molar refractivity (Wildman–Crippen MR) is 69.9 cm³/mol. The zero-order valence-electron chi connectivity index (χ0n) is 11.2. The highest BCUT2D eigenvalue weighted by Gasteiger charge is 2.09. The zero-order chi connectivity index (χ0) is 14.1. The normalized spacial score (nSPS) is 13.6. The average molecular weight is 265 g/mol. The third kappa shape index (κ3) is 6.20. The first kappa shape index (κ1) is 15.4. The fourth-order valence-electron chi connectivity index (χ4n) is 1.45. The van der Waals surface area contributed by atoms with E-state index >= 15 is 0 Å². The van der Waals surface area contributed by atoms with Crippen LogP contribution in [0.1, 0.15) is 12.5 Å². The summed E-state index contributed by atoms with van der Waals surface area (Å²) in [5.74, 6) is 0.558. The van der Waals surface area contributed by atoms with Crippen LogP contribution in [0.3, 0.4) is 0 Å². The van der Waals surface area contributed by atoms with E-state index in [4.69, 9.17) is 19.5 Å². The summed E-state index contributed by atoms with van der Waals surface area (Å²) in [5.41, 5.74) is 0.525. The van der Waals surface area contributed by atoms with Crippen LogP contribution < -0.4 is 4.74 Å². The number of ether oxygens (including phenoxy) is 3. The molecular formula is C14H19NO4. The summed E-state index contributed by atoms with van der Waals surface area (Å²) in [6.45, 7) is 2.66. The summed E-state index contributed by atoms with van der Waals surface area (Å²) in [5, 5.41) is 18.4. The molecule has 0 amide bonds. The lowest BCUT2D eigenvalue weighted by molar-refractivity contribution is -0.0423. The lowest BCUT2D eigenvalue weighted by atomic mass is 10.2. The summed E-state index contributed by atoms with van der Waals surface area (Å²) in [6.07, 6.45) is -0.786. The molecule has 0 saturated heterocycles. The minimum Gasteiger partial charge on any atom is -0.491 e. The van der Waals surface area contributed by atoms with Gasteiger partial charge in [-0.3, -0.25) is 0 Å². The lowest BCUT2D eigenvalue weighted by Crippen LogP contribution is -2.27. The van der Waals surface area contributed by atoms with Crippen molar-refractivity contribution in [3.63, 3.8) is 0 Å². The van der Waals surface area contributed by atoms with Gasteiger partial charge in [-0.05, 0) is 25.1 Å². The van der Waals surface area contributed by atoms with Gasteiger partial charge in [0.1, 0.15) is 18.5 Å². The van der Waals surface area contributed by atoms with E-state index in [2.05, 4.69) is 0 Å². The van der Waals surface area contributed by atoms with Crippen LogP contribution >= 0.6 is 0 Å². The van der Waals surface area contributed by atoms with E-state index < -0.39 is 6.10 Å². The molecule has 2 unspecified atom stereocenters. The number of benzene rings is 1. The standard InChI is InChI=1S/C14H19NO4/c1-11(8-17-2)18-9-13(16)10-19-14-5-3-4-12(6-14)7-15/h3-6,11,13,16H,8-10H2,1-2H3. The molecule has 5 heteroatoms. The molecule has 0 saturated carbocycles. The second kappa shape index (κ2) is 8.48. The van der Waals surface area contributed by atoms with E-state index in [1.54, 1.807) is 31.4 Å². The van der Waals surface area contributed by atoms with E-state index in [9.17, 15) is 5.11 Å². The van der Waals surface area contributed by atoms with E-state index in [0.29, 0.717) is 17.9 Å². The maximum absolute atomic E-state index is 9.70. The van der Waals surface area contributed by atoms with Crippen LogP contribution in [0.2, 0.25) is 0 Å². The first-order valence-corrected chi connectivity index (χ1v) is 6.07. The Morgan fingerprint density at radius 3 is 2.79 bits per heavy atom. The number of rotatable bonds is 8. The van der Waals surface area contributed by atoms with Crippen molar-refractivity contribution in [2.75, 3.05) is 26.9 Å². The Morgan fingerprint density at radius 2 is 2.11 bits per heavy atom. The number of nitriles is 1. The molecule has 104 valence electrons. The largest absolute Gasteiger partial charge is 0.491 e. The number of nitrogens with zero attached hydrogens (tertiary/aromatic N) is 1. The second-order valence-corrected chi connectivity index (χ2v) is 4.20. The number of methoxy groups -OCH3 is 1. The SMILES string of the molecule is COCC(C)OCC(O)COc1cccc(C#N)c1. The molecule has 0 spiro atoms. The predicted octanol–water partition coefficient (Wildman–Crippen LogP) is 1.35. The van der Waals surface area contributed by atoms with Crippen molar-refractivity contribution >= 4 is 0 Å². The summed E-state index contributed by atoms with van der Waals surface area (Å²) in [6, 6.07) is 8.82. The highest BCUT2D eigenvalue weighted by atomic mass is 16.5. The molecule has 5 nitrogen and oxygen atoms in total. The van der Waals surface area contributed by atoms with Crippen molar-refractivity contribution in [1.29, 1.82) is 5.26 Å². The summed E-state index contributed by atoms with van der Waals surface area (Å²) in [4.78, 5) is 0. The molecule has 0 aliphatic carbocycles. The summed E-state index contributed by atoms with van der Waals surface area (Å²) in [7, 11) is 1.60. The molecule has 1 aromatic rings. The van der Waals surface area contributed by atoms with Gasteiger partial charge >= 0.3 is 0 Å². The Hall–Kier alpha value is -1.61. The Balaban J connectivity index is 2.29. The third-order valence-corrected chi connectivity index (χ3v) is 2.38. The molecule has 0 aliphatic rings. The smallest absolute Gasteiger partial charge is 0.120 e. The van der Waals surface area contributed by atoms with E-state index in [1.165, 1.54) is 0 Å². The molecule has 19 heavy (non-hydrogen) atoms. The van der Waals surface area contributed by atoms with Gasteiger partial charge in [-0.1, -0.05) is 6.07 Å². The highest BCUT2D eigenvalue weighted by Crippen LogP contribution is 2.12. The van der Waals surface area contributed by atoms with Gasteiger partial charge in [0, 0.05) is 7.11 Å². The van der Waals surface area contributed by atoms with Gasteiger partial charge in [0.15, 0.2) is 0 Å². The molecule has 0 radical (unpaired) electrons. The number of aliphatic hydroxyl groups is 1.